The van der Waals surface area contributed by atoms with Crippen molar-refractivity contribution in [1.29, 1.82) is 0 Å². The summed E-state index contributed by atoms with van der Waals surface area (Å²) in [4.78, 5) is 24.9. The molecule has 0 unspecified atom stereocenters. The second-order valence-corrected chi connectivity index (χ2v) is 10.1. The van der Waals surface area contributed by atoms with Crippen LogP contribution in [0.4, 0.5) is 19.0 Å². The molecule has 11 nitrogen and oxygen atoms in total. The lowest BCUT2D eigenvalue weighted by Crippen LogP contribution is -2.45. The molecule has 0 saturated heterocycles. The topological polar surface area (TPSA) is 139 Å². The lowest BCUT2D eigenvalue weighted by atomic mass is 9.92. The highest BCUT2D eigenvalue weighted by molar-refractivity contribution is 7.18. The Morgan fingerprint density at radius 3 is 2.65 bits per heavy atom. The maximum absolute atomic E-state index is 13.2. The van der Waals surface area contributed by atoms with Crippen LogP contribution in [-0.2, 0) is 30.5 Å². The Labute approximate surface area is 214 Å². The molecule has 0 aromatic carbocycles. The van der Waals surface area contributed by atoms with Crippen molar-refractivity contribution in [2.24, 2.45) is 5.41 Å². The zero-order valence-corrected chi connectivity index (χ0v) is 21.2. The van der Waals surface area contributed by atoms with Gasteiger partial charge in [0.1, 0.15) is 17.3 Å². The number of aliphatic hydroxyl groups excluding tert-OH is 2. The monoisotopic (exact) mass is 543 g/mol. The van der Waals surface area contributed by atoms with Crippen LogP contribution in [0.25, 0.3) is 10.2 Å². The van der Waals surface area contributed by atoms with Gasteiger partial charge in [-0.1, -0.05) is 13.3 Å². The number of hydrogen-bond acceptors (Lipinski definition) is 10. The number of halogens is 3. The first-order valence-corrected chi connectivity index (χ1v) is 12.6. The fraction of sp³-hybridized carbons (Fsp3) is 0.591. The molecule has 0 atom stereocenters. The van der Waals surface area contributed by atoms with Gasteiger partial charge in [0, 0.05) is 18.0 Å². The molecule has 15 heteroatoms. The van der Waals surface area contributed by atoms with Crippen LogP contribution >= 0.6 is 11.3 Å². The number of ether oxygens (including phenoxy) is 1. The van der Waals surface area contributed by atoms with Gasteiger partial charge in [0.2, 0.25) is 11.7 Å². The number of fused-ring (bicyclic) bond motifs is 2. The fourth-order valence-corrected chi connectivity index (χ4v) is 4.99. The molecule has 1 amide bonds. The molecular formula is C22H28F3N7O4S. The van der Waals surface area contributed by atoms with E-state index in [0.717, 1.165) is 27.7 Å². The quantitative estimate of drug-likeness (QED) is 0.327. The van der Waals surface area contributed by atoms with Crippen LogP contribution in [0, 0.1) is 5.41 Å². The summed E-state index contributed by atoms with van der Waals surface area (Å²) in [5, 5.41) is 29.2. The smallest absolute Gasteiger partial charge is 0.451 e. The molecule has 37 heavy (non-hydrogen) atoms. The van der Waals surface area contributed by atoms with E-state index in [4.69, 9.17) is 4.74 Å². The summed E-state index contributed by atoms with van der Waals surface area (Å²) in [6.07, 6.45) is -2.80. The zero-order valence-electron chi connectivity index (χ0n) is 20.4. The van der Waals surface area contributed by atoms with Crippen LogP contribution in [0.15, 0.2) is 6.07 Å². The molecule has 4 rings (SSSR count). The summed E-state index contributed by atoms with van der Waals surface area (Å²) in [5.41, 5.74) is -1.31. The number of anilines is 1. The molecule has 0 radical (unpaired) electrons. The van der Waals surface area contributed by atoms with Crippen LogP contribution < -0.4 is 15.0 Å². The number of carbonyl (C=O) groups is 1. The van der Waals surface area contributed by atoms with Crippen molar-refractivity contribution in [1.82, 2.24) is 30.0 Å². The number of aliphatic hydroxyl groups is 2. The molecule has 1 aliphatic rings. The molecule has 0 saturated carbocycles. The van der Waals surface area contributed by atoms with Gasteiger partial charge in [-0.05, 0) is 19.4 Å². The van der Waals surface area contributed by atoms with Crippen molar-refractivity contribution in [3.05, 3.63) is 22.6 Å². The Morgan fingerprint density at radius 1 is 1.22 bits per heavy atom. The second-order valence-electron chi connectivity index (χ2n) is 9.00. The highest BCUT2D eigenvalue weighted by Gasteiger charge is 2.40. The van der Waals surface area contributed by atoms with Gasteiger partial charge < -0.3 is 29.7 Å². The normalized spacial score (nSPS) is 14.2. The van der Waals surface area contributed by atoms with Gasteiger partial charge in [0.25, 0.3) is 0 Å². The average Bonchev–Trinajstić information content (AvgIpc) is 3.49. The van der Waals surface area contributed by atoms with Crippen LogP contribution in [0.3, 0.4) is 0 Å². The molecule has 202 valence electrons. The first kappa shape index (κ1) is 27.0. The third kappa shape index (κ3) is 5.62. The molecule has 0 fully saturated rings. The van der Waals surface area contributed by atoms with E-state index in [0.29, 0.717) is 10.6 Å². The minimum Gasteiger partial charge on any atom is -0.462 e. The van der Waals surface area contributed by atoms with E-state index in [9.17, 15) is 28.2 Å². The lowest BCUT2D eigenvalue weighted by molar-refractivity contribution is -0.147. The summed E-state index contributed by atoms with van der Waals surface area (Å²) >= 11 is 1.50. The molecule has 4 heterocycles. The van der Waals surface area contributed by atoms with E-state index in [1.165, 1.54) is 18.3 Å². The van der Waals surface area contributed by atoms with E-state index in [-0.39, 0.29) is 44.6 Å². The van der Waals surface area contributed by atoms with E-state index in [1.807, 2.05) is 11.0 Å². The Kier molecular flexibility index (Phi) is 7.85. The minimum atomic E-state index is -4.58. The van der Waals surface area contributed by atoms with Crippen molar-refractivity contribution in [2.45, 2.75) is 46.0 Å². The van der Waals surface area contributed by atoms with Crippen LogP contribution in [0.5, 0.6) is 6.01 Å². The third-order valence-electron chi connectivity index (χ3n) is 6.07. The van der Waals surface area contributed by atoms with Crippen LogP contribution in [-0.4, -0.2) is 73.8 Å². The maximum Gasteiger partial charge on any atom is 0.451 e. The first-order valence-electron chi connectivity index (χ1n) is 11.8. The summed E-state index contributed by atoms with van der Waals surface area (Å²) in [6, 6.07) is 2.06. The molecule has 1 aliphatic heterocycles. The predicted octanol–water partition coefficient (Wildman–Crippen LogP) is 1.76. The molecule has 3 N–H and O–H groups in total. The van der Waals surface area contributed by atoms with Crippen molar-refractivity contribution in [3.63, 3.8) is 0 Å². The predicted molar refractivity (Wildman–Crippen MR) is 128 cm³/mol. The molecule has 0 bridgehead atoms. The molecule has 3 aromatic heterocycles. The average molecular weight is 544 g/mol. The van der Waals surface area contributed by atoms with Gasteiger partial charge in [-0.2, -0.15) is 23.1 Å². The van der Waals surface area contributed by atoms with Crippen molar-refractivity contribution in [2.75, 3.05) is 37.8 Å². The van der Waals surface area contributed by atoms with E-state index in [2.05, 4.69) is 32.4 Å². The first-order chi connectivity index (χ1) is 17.6. The van der Waals surface area contributed by atoms with Crippen molar-refractivity contribution >= 4 is 33.3 Å². The minimum absolute atomic E-state index is 0.0279. The number of amides is 1. The molecule has 3 aromatic rings. The number of thiophene rings is 1. The van der Waals surface area contributed by atoms with E-state index < -0.39 is 36.5 Å². The summed E-state index contributed by atoms with van der Waals surface area (Å²) < 4.78 is 46.5. The summed E-state index contributed by atoms with van der Waals surface area (Å²) in [6.45, 7) is 3.00. The van der Waals surface area contributed by atoms with Gasteiger partial charge in [-0.25, -0.2) is 0 Å². The highest BCUT2D eigenvalue weighted by atomic mass is 32.1. The maximum atomic E-state index is 13.2. The molecule has 0 spiro atoms. The van der Waals surface area contributed by atoms with Gasteiger partial charge in [-0.3, -0.25) is 4.79 Å². The second kappa shape index (κ2) is 10.8. The Hall–Kier alpha value is -3.04. The summed E-state index contributed by atoms with van der Waals surface area (Å²) in [7, 11) is 0. The zero-order chi connectivity index (χ0) is 26.8. The number of rotatable bonds is 10. The largest absolute Gasteiger partial charge is 0.462 e. The number of aromatic nitrogens is 5. The van der Waals surface area contributed by atoms with Crippen LogP contribution in [0.2, 0.25) is 0 Å². The Bertz CT molecular complexity index is 1260. The Balaban J connectivity index is 1.54. The number of hydrogen-bond donors (Lipinski definition) is 3. The number of carbonyl (C=O) groups excluding carboxylic acids is 1. The standard InChI is InChI=1S/C22H28F3N7O4S/c1-3-4-13-9-14-16(31-6-7-32-15(10-31)29-30-18(32)22(23,24)25)27-20(28-17(14)37-13)36-8-5-26-19(35)21(2,11-33)12-34/h9,33-34H,3-8,10-12H2,1-2H3,(H,26,35). The number of nitrogens with zero attached hydrogens (tertiary/aromatic N) is 6. The van der Waals surface area contributed by atoms with Gasteiger partial charge in [0.05, 0.1) is 37.1 Å². The van der Waals surface area contributed by atoms with E-state index >= 15 is 0 Å². The van der Waals surface area contributed by atoms with Crippen molar-refractivity contribution < 1.29 is 32.9 Å². The van der Waals surface area contributed by atoms with Gasteiger partial charge in [-0.15, -0.1) is 21.5 Å². The number of alkyl halides is 3. The third-order valence-corrected chi connectivity index (χ3v) is 7.16. The van der Waals surface area contributed by atoms with Crippen LogP contribution in [0.1, 0.15) is 36.8 Å². The number of aryl methyl sites for hydroxylation is 1. The fourth-order valence-electron chi connectivity index (χ4n) is 3.87. The SMILES string of the molecule is CCCc1cc2c(N3CCn4c(nnc4C(F)(F)F)C3)nc(OCCNC(=O)C(C)(CO)CO)nc2s1. The molecular weight excluding hydrogens is 515 g/mol. The van der Waals surface area contributed by atoms with Gasteiger partial charge in [0.15, 0.2) is 5.82 Å². The van der Waals surface area contributed by atoms with Crippen molar-refractivity contribution in [3.8, 4) is 6.01 Å². The Morgan fingerprint density at radius 2 is 1.97 bits per heavy atom. The summed E-state index contributed by atoms with van der Waals surface area (Å²) in [5.74, 6) is -0.814. The van der Waals surface area contributed by atoms with Gasteiger partial charge >= 0.3 is 12.2 Å². The van der Waals surface area contributed by atoms with E-state index in [1.54, 1.807) is 0 Å². The number of nitrogens with one attached hydrogen (secondary N) is 1. The highest BCUT2D eigenvalue weighted by Crippen LogP contribution is 2.35. The molecule has 0 aliphatic carbocycles. The lowest BCUT2D eigenvalue weighted by Gasteiger charge is -2.29.